The minimum atomic E-state index is -0.0802. The van der Waals surface area contributed by atoms with Crippen LogP contribution in [0.4, 0.5) is 0 Å². The smallest absolute Gasteiger partial charge is 0.252 e. The minimum Gasteiger partial charge on any atom is -0.345 e. The predicted molar refractivity (Wildman–Crippen MR) is 139 cm³/mol. The van der Waals surface area contributed by atoms with E-state index in [1.165, 1.54) is 27.5 Å². The third-order valence-corrected chi connectivity index (χ3v) is 6.38. The summed E-state index contributed by atoms with van der Waals surface area (Å²) in [5.74, 6) is 0.00675. The van der Waals surface area contributed by atoms with Crippen LogP contribution in [-0.2, 0) is 12.8 Å². The number of hydrogen-bond acceptors (Lipinski definition) is 1. The van der Waals surface area contributed by atoms with E-state index >= 15 is 0 Å². The van der Waals surface area contributed by atoms with Crippen LogP contribution < -0.4 is 5.32 Å². The molecule has 0 aromatic heterocycles. The van der Waals surface area contributed by atoms with Gasteiger partial charge in [-0.3, -0.25) is 4.79 Å². The van der Waals surface area contributed by atoms with Gasteiger partial charge >= 0.3 is 0 Å². The maximum absolute atomic E-state index is 13.5. The lowest BCUT2D eigenvalue weighted by Gasteiger charge is -2.19. The first-order valence-electron chi connectivity index (χ1n) is 12.0. The first-order chi connectivity index (χ1) is 16.0. The Kier molecular flexibility index (Phi) is 7.24. The monoisotopic (exact) mass is 435 g/mol. The highest BCUT2D eigenvalue weighted by Gasteiger charge is 2.17. The molecule has 4 aromatic rings. The highest BCUT2D eigenvalue weighted by atomic mass is 16.1. The van der Waals surface area contributed by atoms with E-state index in [2.05, 4.69) is 111 Å². The molecule has 33 heavy (non-hydrogen) atoms. The predicted octanol–water partition coefficient (Wildman–Crippen LogP) is 7.57. The van der Waals surface area contributed by atoms with E-state index in [0.717, 1.165) is 42.4 Å². The topological polar surface area (TPSA) is 29.1 Å². The van der Waals surface area contributed by atoms with E-state index < -0.39 is 0 Å². The molecule has 2 nitrogen and oxygen atoms in total. The summed E-state index contributed by atoms with van der Waals surface area (Å²) in [6.45, 7) is 6.36. The molecule has 0 fully saturated rings. The molecule has 0 unspecified atom stereocenters. The van der Waals surface area contributed by atoms with Gasteiger partial charge in [-0.25, -0.2) is 0 Å². The molecule has 0 radical (unpaired) electrons. The Morgan fingerprint density at radius 3 is 2.39 bits per heavy atom. The Morgan fingerprint density at radius 1 is 0.879 bits per heavy atom. The molecule has 0 saturated heterocycles. The highest BCUT2D eigenvalue weighted by Crippen LogP contribution is 2.25. The Morgan fingerprint density at radius 2 is 1.61 bits per heavy atom. The van der Waals surface area contributed by atoms with Crippen molar-refractivity contribution in [2.45, 2.75) is 52.5 Å². The Labute approximate surface area is 197 Å². The molecule has 1 atom stereocenters. The highest BCUT2D eigenvalue weighted by molar-refractivity contribution is 5.96. The fraction of sp³-hybridized carbons (Fsp3) is 0.258. The number of nitrogens with one attached hydrogen (secondary N) is 1. The van der Waals surface area contributed by atoms with Crippen LogP contribution in [-0.4, -0.2) is 5.91 Å². The summed E-state index contributed by atoms with van der Waals surface area (Å²) < 4.78 is 0. The molecule has 0 aliphatic rings. The van der Waals surface area contributed by atoms with E-state index in [9.17, 15) is 4.79 Å². The number of unbranched alkanes of at least 4 members (excludes halogenated alkanes) is 1. The maximum Gasteiger partial charge on any atom is 0.252 e. The largest absolute Gasteiger partial charge is 0.345 e. The summed E-state index contributed by atoms with van der Waals surface area (Å²) in [6, 6.07) is 29.6. The molecular formula is C31H33NO. The van der Waals surface area contributed by atoms with Gasteiger partial charge in [-0.2, -0.15) is 0 Å². The van der Waals surface area contributed by atoms with Gasteiger partial charge < -0.3 is 5.32 Å². The third-order valence-electron chi connectivity index (χ3n) is 6.38. The van der Waals surface area contributed by atoms with Crippen molar-refractivity contribution in [3.63, 3.8) is 0 Å². The van der Waals surface area contributed by atoms with Gasteiger partial charge in [-0.05, 0) is 72.2 Å². The summed E-state index contributed by atoms with van der Waals surface area (Å²) in [4.78, 5) is 13.5. The SMILES string of the molecule is CCCCc1ccc(Cc2ccc(C)cc2)cc1C(=O)N[C@H](C)c1cccc2ccccc12. The molecule has 1 amide bonds. The molecule has 0 bridgehead atoms. The molecule has 4 aromatic carbocycles. The normalized spacial score (nSPS) is 12.0. The van der Waals surface area contributed by atoms with Gasteiger partial charge in [-0.1, -0.05) is 97.8 Å². The van der Waals surface area contributed by atoms with Crippen LogP contribution in [0.3, 0.4) is 0 Å². The van der Waals surface area contributed by atoms with Gasteiger partial charge in [0.15, 0.2) is 0 Å². The Hall–Kier alpha value is -3.39. The molecule has 0 spiro atoms. The van der Waals surface area contributed by atoms with Crippen molar-refractivity contribution in [2.75, 3.05) is 0 Å². The Bertz CT molecular complexity index is 1230. The summed E-state index contributed by atoms with van der Waals surface area (Å²) >= 11 is 0. The third kappa shape index (κ3) is 5.51. The molecule has 0 heterocycles. The molecule has 0 aliphatic heterocycles. The van der Waals surface area contributed by atoms with Gasteiger partial charge in [-0.15, -0.1) is 0 Å². The van der Waals surface area contributed by atoms with Crippen molar-refractivity contribution in [1.82, 2.24) is 5.32 Å². The number of carbonyl (C=O) groups excluding carboxylic acids is 1. The summed E-state index contributed by atoms with van der Waals surface area (Å²) in [7, 11) is 0. The van der Waals surface area contributed by atoms with Gasteiger partial charge in [0.2, 0.25) is 0 Å². The van der Waals surface area contributed by atoms with E-state index in [1.54, 1.807) is 0 Å². The lowest BCUT2D eigenvalue weighted by Crippen LogP contribution is -2.28. The zero-order valence-electron chi connectivity index (χ0n) is 19.9. The second kappa shape index (κ2) is 10.5. The number of benzene rings is 4. The van der Waals surface area contributed by atoms with E-state index in [1.807, 2.05) is 0 Å². The molecule has 2 heteroatoms. The molecular weight excluding hydrogens is 402 g/mol. The molecule has 4 rings (SSSR count). The summed E-state index contributed by atoms with van der Waals surface area (Å²) in [6.07, 6.45) is 3.94. The number of hydrogen-bond donors (Lipinski definition) is 1. The standard InChI is InChI=1S/C31H33NO/c1-4-5-9-27-19-18-25(20-24-16-14-22(2)15-17-24)21-30(27)31(33)32-23(3)28-13-8-11-26-10-6-7-12-29(26)28/h6-8,10-19,21,23H,4-5,9,20H2,1-3H3,(H,32,33)/t23-/m1/s1. The zero-order chi connectivity index (χ0) is 23.2. The zero-order valence-corrected chi connectivity index (χ0v) is 19.9. The number of amides is 1. The van der Waals surface area contributed by atoms with E-state index in [0.29, 0.717) is 0 Å². The van der Waals surface area contributed by atoms with Crippen molar-refractivity contribution in [1.29, 1.82) is 0 Å². The van der Waals surface area contributed by atoms with Crippen LogP contribution in [0.2, 0.25) is 0 Å². The summed E-state index contributed by atoms with van der Waals surface area (Å²) in [5, 5.41) is 5.66. The number of carbonyl (C=O) groups is 1. The lowest BCUT2D eigenvalue weighted by atomic mass is 9.95. The maximum atomic E-state index is 13.5. The average molecular weight is 436 g/mol. The molecule has 1 N–H and O–H groups in total. The van der Waals surface area contributed by atoms with Crippen molar-refractivity contribution in [3.05, 3.63) is 118 Å². The van der Waals surface area contributed by atoms with Crippen LogP contribution in [0.25, 0.3) is 10.8 Å². The van der Waals surface area contributed by atoms with E-state index in [-0.39, 0.29) is 11.9 Å². The Balaban J connectivity index is 1.60. The number of rotatable bonds is 8. The minimum absolute atomic E-state index is 0.00675. The summed E-state index contributed by atoms with van der Waals surface area (Å²) in [5.41, 5.74) is 6.77. The van der Waals surface area contributed by atoms with Crippen molar-refractivity contribution >= 4 is 16.7 Å². The number of fused-ring (bicyclic) bond motifs is 1. The molecule has 168 valence electrons. The van der Waals surface area contributed by atoms with Crippen LogP contribution in [0.1, 0.15) is 70.9 Å². The first kappa shape index (κ1) is 22.8. The van der Waals surface area contributed by atoms with Crippen molar-refractivity contribution < 1.29 is 4.79 Å². The fourth-order valence-electron chi connectivity index (χ4n) is 4.45. The van der Waals surface area contributed by atoms with Gasteiger partial charge in [0.25, 0.3) is 5.91 Å². The van der Waals surface area contributed by atoms with Crippen molar-refractivity contribution in [3.8, 4) is 0 Å². The fourth-order valence-corrected chi connectivity index (χ4v) is 4.45. The van der Waals surface area contributed by atoms with E-state index in [4.69, 9.17) is 0 Å². The van der Waals surface area contributed by atoms with Crippen LogP contribution >= 0.6 is 0 Å². The van der Waals surface area contributed by atoms with Crippen LogP contribution in [0, 0.1) is 6.92 Å². The second-order valence-corrected chi connectivity index (χ2v) is 9.02. The number of aryl methyl sites for hydroxylation is 2. The van der Waals surface area contributed by atoms with Gasteiger partial charge in [0.1, 0.15) is 0 Å². The van der Waals surface area contributed by atoms with Gasteiger partial charge in [0.05, 0.1) is 6.04 Å². The first-order valence-corrected chi connectivity index (χ1v) is 12.0. The second-order valence-electron chi connectivity index (χ2n) is 9.02. The average Bonchev–Trinajstić information content (AvgIpc) is 2.84. The quantitative estimate of drug-likeness (QED) is 0.304. The van der Waals surface area contributed by atoms with Crippen LogP contribution in [0.15, 0.2) is 84.9 Å². The molecule has 0 saturated carbocycles. The van der Waals surface area contributed by atoms with Gasteiger partial charge in [0, 0.05) is 5.56 Å². The van der Waals surface area contributed by atoms with Crippen LogP contribution in [0.5, 0.6) is 0 Å². The lowest BCUT2D eigenvalue weighted by molar-refractivity contribution is 0.0939. The van der Waals surface area contributed by atoms with Crippen molar-refractivity contribution in [2.24, 2.45) is 0 Å². The molecule has 0 aliphatic carbocycles.